The molecule has 30 heavy (non-hydrogen) atoms. The Kier molecular flexibility index (Phi) is 7.69. The number of rotatable bonds is 6. The summed E-state index contributed by atoms with van der Waals surface area (Å²) in [5.74, 6) is 2.35. The van der Waals surface area contributed by atoms with E-state index in [2.05, 4.69) is 46.4 Å². The van der Waals surface area contributed by atoms with Crippen LogP contribution in [0.4, 0.5) is 0 Å². The Morgan fingerprint density at radius 3 is 2.57 bits per heavy atom. The smallest absolute Gasteiger partial charge is 0.0811 e. The summed E-state index contributed by atoms with van der Waals surface area (Å²) in [6.45, 7) is 13.2. The van der Waals surface area contributed by atoms with Gasteiger partial charge in [-0.2, -0.15) is 0 Å². The first kappa shape index (κ1) is 23.8. The zero-order valence-electron chi connectivity index (χ0n) is 19.6. The number of hydrogen-bond acceptors (Lipinski definition) is 3. The van der Waals surface area contributed by atoms with Crippen LogP contribution < -0.4 is 0 Å². The minimum absolute atomic E-state index is 0.180. The highest BCUT2D eigenvalue weighted by molar-refractivity contribution is 5.38. The second-order valence-corrected chi connectivity index (χ2v) is 11.0. The van der Waals surface area contributed by atoms with Gasteiger partial charge in [-0.15, -0.1) is 0 Å². The van der Waals surface area contributed by atoms with E-state index in [4.69, 9.17) is 0 Å². The van der Waals surface area contributed by atoms with Crippen molar-refractivity contribution in [3.8, 4) is 0 Å². The van der Waals surface area contributed by atoms with Gasteiger partial charge in [-0.3, -0.25) is 0 Å². The molecule has 0 amide bonds. The normalized spacial score (nSPS) is 39.5. The lowest BCUT2D eigenvalue weighted by molar-refractivity contribution is 0.0717. The van der Waals surface area contributed by atoms with Crippen molar-refractivity contribution in [2.45, 2.75) is 104 Å². The molecule has 0 bridgehead atoms. The Balaban J connectivity index is 1.72. The van der Waals surface area contributed by atoms with E-state index in [-0.39, 0.29) is 6.10 Å². The Bertz CT molecular complexity index is 676. The van der Waals surface area contributed by atoms with Crippen LogP contribution in [0, 0.1) is 29.1 Å². The predicted molar refractivity (Wildman–Crippen MR) is 124 cm³/mol. The molecule has 3 rings (SSSR count). The first-order valence-electron chi connectivity index (χ1n) is 12.3. The Hall–Kier alpha value is -0.900. The Morgan fingerprint density at radius 1 is 1.13 bits per heavy atom. The summed E-state index contributed by atoms with van der Waals surface area (Å²) in [4.78, 5) is 0. The van der Waals surface area contributed by atoms with Crippen molar-refractivity contribution < 1.29 is 15.3 Å². The van der Waals surface area contributed by atoms with Crippen LogP contribution in [-0.2, 0) is 0 Å². The van der Waals surface area contributed by atoms with Gasteiger partial charge in [-0.05, 0) is 91.6 Å². The van der Waals surface area contributed by atoms with E-state index < -0.39 is 12.2 Å². The van der Waals surface area contributed by atoms with Crippen molar-refractivity contribution >= 4 is 0 Å². The monoisotopic (exact) mass is 416 g/mol. The zero-order valence-corrected chi connectivity index (χ0v) is 19.6. The van der Waals surface area contributed by atoms with Crippen molar-refractivity contribution in [1.82, 2.24) is 0 Å². The molecule has 0 aliphatic heterocycles. The molecule has 3 nitrogen and oxygen atoms in total. The number of aliphatic hydroxyl groups excluding tert-OH is 3. The summed E-state index contributed by atoms with van der Waals surface area (Å²) in [5, 5.41) is 30.4. The molecule has 0 saturated heterocycles. The van der Waals surface area contributed by atoms with Crippen molar-refractivity contribution in [2.75, 3.05) is 0 Å². The molecule has 3 N–H and O–H groups in total. The van der Waals surface area contributed by atoms with Gasteiger partial charge < -0.3 is 15.3 Å². The largest absolute Gasteiger partial charge is 0.393 e. The average Bonchev–Trinajstić information content (AvgIpc) is 3.04. The Labute approximate surface area is 184 Å². The molecule has 3 aliphatic carbocycles. The second kappa shape index (κ2) is 9.71. The molecule has 170 valence electrons. The molecular formula is C27H44O3. The minimum atomic E-state index is -0.618. The highest BCUT2D eigenvalue weighted by atomic mass is 16.3. The van der Waals surface area contributed by atoms with Gasteiger partial charge in [0.1, 0.15) is 0 Å². The zero-order chi connectivity index (χ0) is 22.1. The molecule has 7 atom stereocenters. The van der Waals surface area contributed by atoms with Gasteiger partial charge >= 0.3 is 0 Å². The molecule has 0 aromatic heterocycles. The van der Waals surface area contributed by atoms with E-state index in [1.165, 1.54) is 25.7 Å². The highest BCUT2D eigenvalue weighted by Gasteiger charge is 2.50. The minimum Gasteiger partial charge on any atom is -0.393 e. The third-order valence-corrected chi connectivity index (χ3v) is 8.68. The fourth-order valence-corrected chi connectivity index (χ4v) is 6.65. The summed E-state index contributed by atoms with van der Waals surface area (Å²) < 4.78 is 0. The lowest BCUT2D eigenvalue weighted by Gasteiger charge is -2.44. The molecule has 0 aromatic carbocycles. The summed E-state index contributed by atoms with van der Waals surface area (Å²) in [6, 6.07) is 0. The van der Waals surface area contributed by atoms with Gasteiger partial charge in [0.15, 0.2) is 0 Å². The van der Waals surface area contributed by atoms with Gasteiger partial charge in [0.25, 0.3) is 0 Å². The van der Waals surface area contributed by atoms with E-state index >= 15 is 0 Å². The molecule has 0 heterocycles. The molecule has 3 heteroatoms. The molecule has 3 fully saturated rings. The molecule has 3 saturated carbocycles. The van der Waals surface area contributed by atoms with Crippen LogP contribution in [0.3, 0.4) is 0 Å². The number of allylic oxidation sites excluding steroid dienone is 3. The topological polar surface area (TPSA) is 60.7 Å². The molecule has 0 unspecified atom stereocenters. The molecule has 0 radical (unpaired) electrons. The van der Waals surface area contributed by atoms with Crippen molar-refractivity contribution in [1.29, 1.82) is 0 Å². The fraction of sp³-hybridized carbons (Fsp3) is 0.778. The lowest BCUT2D eigenvalue weighted by atomic mass is 9.60. The first-order chi connectivity index (χ1) is 14.1. The third kappa shape index (κ3) is 4.95. The van der Waals surface area contributed by atoms with Crippen LogP contribution >= 0.6 is 0 Å². The molecule has 3 aliphatic rings. The maximum absolute atomic E-state index is 10.3. The van der Waals surface area contributed by atoms with Crippen molar-refractivity contribution in [3.63, 3.8) is 0 Å². The second-order valence-electron chi connectivity index (χ2n) is 11.0. The van der Waals surface area contributed by atoms with Crippen LogP contribution in [0.25, 0.3) is 0 Å². The van der Waals surface area contributed by atoms with Crippen molar-refractivity contribution in [2.24, 2.45) is 29.1 Å². The van der Waals surface area contributed by atoms with Gasteiger partial charge in [0.05, 0.1) is 18.3 Å². The van der Waals surface area contributed by atoms with E-state index in [9.17, 15) is 15.3 Å². The molecular weight excluding hydrogens is 372 g/mol. The van der Waals surface area contributed by atoms with Crippen LogP contribution in [0.2, 0.25) is 0 Å². The maximum atomic E-state index is 10.3. The maximum Gasteiger partial charge on any atom is 0.0811 e. The highest BCUT2D eigenvalue weighted by Crippen LogP contribution is 2.60. The predicted octanol–water partition coefficient (Wildman–Crippen LogP) is 5.56. The number of aliphatic hydroxyl groups is 3. The van der Waals surface area contributed by atoms with E-state index in [1.54, 1.807) is 5.57 Å². The summed E-state index contributed by atoms with van der Waals surface area (Å²) in [6.07, 6.45) is 12.4. The van der Waals surface area contributed by atoms with E-state index in [1.807, 2.05) is 0 Å². The van der Waals surface area contributed by atoms with Crippen LogP contribution in [0.5, 0.6) is 0 Å². The molecule has 0 aromatic rings. The van der Waals surface area contributed by atoms with Gasteiger partial charge in [-0.1, -0.05) is 52.0 Å². The van der Waals surface area contributed by atoms with Gasteiger partial charge in [0, 0.05) is 6.42 Å². The van der Waals surface area contributed by atoms with Crippen molar-refractivity contribution in [3.05, 3.63) is 35.5 Å². The van der Waals surface area contributed by atoms with E-state index in [0.29, 0.717) is 36.0 Å². The fourth-order valence-electron chi connectivity index (χ4n) is 6.65. The van der Waals surface area contributed by atoms with Crippen LogP contribution in [0.1, 0.15) is 85.5 Å². The SMILES string of the molecule is C=C1/C(=C\C=C2\CCC[C@]3(C)[C@@H]2CC[C@@H]3[C@@H](C)CC[C@@H](O)C(C)C)C[C@@H](O)C[C@@H]1O. The first-order valence-corrected chi connectivity index (χ1v) is 12.3. The standard InChI is InChI=1S/C27H44O3/c1-17(2)25(29)13-8-18(3)23-11-12-24-20(7-6-14-27(23,24)5)9-10-21-15-22(28)16-26(30)19(21)4/h9-10,17-18,22-26,28-30H,4,6-8,11-16H2,1-3,5H3/b20-9-,21-10-/t18-,22+,23+,24+,25+,26-,27-/m0/s1. The number of hydrogen-bond donors (Lipinski definition) is 3. The van der Waals surface area contributed by atoms with Crippen LogP contribution in [-0.4, -0.2) is 33.6 Å². The lowest BCUT2D eigenvalue weighted by Crippen LogP contribution is -2.36. The summed E-state index contributed by atoms with van der Waals surface area (Å²) in [7, 11) is 0. The van der Waals surface area contributed by atoms with Crippen LogP contribution in [0.15, 0.2) is 35.5 Å². The van der Waals surface area contributed by atoms with Gasteiger partial charge in [0.2, 0.25) is 0 Å². The third-order valence-electron chi connectivity index (χ3n) is 8.68. The Morgan fingerprint density at radius 2 is 1.87 bits per heavy atom. The number of fused-ring (bicyclic) bond motifs is 1. The average molecular weight is 417 g/mol. The van der Waals surface area contributed by atoms with Gasteiger partial charge in [-0.25, -0.2) is 0 Å². The molecule has 0 spiro atoms. The quantitative estimate of drug-likeness (QED) is 0.531. The van der Waals surface area contributed by atoms with E-state index in [0.717, 1.165) is 36.3 Å². The summed E-state index contributed by atoms with van der Waals surface area (Å²) in [5.41, 5.74) is 3.69. The summed E-state index contributed by atoms with van der Waals surface area (Å²) >= 11 is 0.